The molecule has 0 aromatic rings. The van der Waals surface area contributed by atoms with Crippen molar-refractivity contribution in [3.05, 3.63) is 48.8 Å². The molecule has 0 spiro atoms. The average Bonchev–Trinajstić information content (AvgIpc) is 3.79. The normalized spacial score (nSPS) is 39.7. The molecule has 2 amide bonds. The van der Waals surface area contributed by atoms with Gasteiger partial charge < -0.3 is 105 Å². The van der Waals surface area contributed by atoms with Gasteiger partial charge in [0.15, 0.2) is 18.8 Å². The molecule has 412 valence electrons. The molecule has 0 saturated carbocycles. The SMILES string of the molecule is C=C1NC(=O)C(C)=CN1[C@H]1C[C@@H](O)[C@@H](COP(=O)(O)OP(=O)([O-])O[C@H]2OC(CO)[C@@H](O)[C@H](S)C2O)O1.C=C1NC(=O)C=CN1[C@@H]1O[C@H](COP(=O)(O)OP(=O)([O-])O[C@H]2OC(CO)[C@@H](O)[C@H](S)C2O)[C@H](O)C1O. The smallest absolute Gasteiger partial charge is 0.478 e. The molecule has 4 fully saturated rings. The number of rotatable bonds is 18. The van der Waals surface area contributed by atoms with E-state index in [1.807, 2.05) is 0 Å². The van der Waals surface area contributed by atoms with Crippen LogP contribution in [0.3, 0.4) is 0 Å². The van der Waals surface area contributed by atoms with E-state index in [0.29, 0.717) is 5.57 Å². The van der Waals surface area contributed by atoms with Gasteiger partial charge in [-0.25, -0.2) is 17.8 Å². The minimum atomic E-state index is -5.73. The maximum absolute atomic E-state index is 12.2. The molecule has 4 saturated heterocycles. The molecule has 0 aliphatic carbocycles. The third-order valence-corrected chi connectivity index (χ3v) is 17.1. The third kappa shape index (κ3) is 15.4. The van der Waals surface area contributed by atoms with Crippen LogP contribution in [0, 0.1) is 0 Å². The number of ether oxygens (including phenoxy) is 4. The summed E-state index contributed by atoms with van der Waals surface area (Å²) in [5, 5.41) is 91.0. The lowest BCUT2D eigenvalue weighted by Gasteiger charge is -2.41. The van der Waals surface area contributed by atoms with E-state index in [1.54, 1.807) is 6.92 Å². The Morgan fingerprint density at radius 2 is 1.17 bits per heavy atom. The molecule has 6 aliphatic rings. The molecule has 0 aromatic carbocycles. The minimum Gasteiger partial charge on any atom is -0.756 e. The first kappa shape index (κ1) is 61.1. The molecule has 9 unspecified atom stereocenters. The van der Waals surface area contributed by atoms with Crippen molar-refractivity contribution in [2.24, 2.45) is 0 Å². The summed E-state index contributed by atoms with van der Waals surface area (Å²) in [5.74, 6) is -0.675. The van der Waals surface area contributed by atoms with Gasteiger partial charge in [-0.05, 0) is 6.92 Å². The van der Waals surface area contributed by atoms with Crippen molar-refractivity contribution < 1.29 is 139 Å². The summed E-state index contributed by atoms with van der Waals surface area (Å²) >= 11 is 7.80. The second-order valence-electron chi connectivity index (χ2n) is 15.9. The highest BCUT2D eigenvalue weighted by molar-refractivity contribution is 7.81. The predicted molar refractivity (Wildman–Crippen MR) is 233 cm³/mol. The molecule has 21 atom stereocenters. The Morgan fingerprint density at radius 1 is 0.694 bits per heavy atom. The summed E-state index contributed by atoms with van der Waals surface area (Å²) in [6.07, 6.45) is -18.9. The Hall–Kier alpha value is -1.80. The zero-order valence-corrected chi connectivity index (χ0v) is 42.2. The van der Waals surface area contributed by atoms with Gasteiger partial charge in [-0.15, -0.1) is 0 Å². The molecule has 0 aromatic heterocycles. The van der Waals surface area contributed by atoms with Crippen LogP contribution in [0.2, 0.25) is 0 Å². The number of hydrogen-bond acceptors (Lipinski definition) is 31. The zero-order valence-electron chi connectivity index (χ0n) is 36.8. The number of thiol groups is 2. The zero-order chi connectivity index (χ0) is 54.0. The monoisotopic (exact) mass is 1160 g/mol. The van der Waals surface area contributed by atoms with Gasteiger partial charge >= 0.3 is 15.6 Å². The van der Waals surface area contributed by atoms with E-state index < -0.39 is 166 Å². The van der Waals surface area contributed by atoms with Crippen LogP contribution < -0.4 is 20.4 Å². The van der Waals surface area contributed by atoms with Crippen LogP contribution in [-0.2, 0) is 73.5 Å². The maximum Gasteiger partial charge on any atom is 0.478 e. The van der Waals surface area contributed by atoms with Crippen molar-refractivity contribution in [2.45, 2.75) is 116 Å². The lowest BCUT2D eigenvalue weighted by Crippen LogP contribution is -2.57. The molecule has 0 bridgehead atoms. The van der Waals surface area contributed by atoms with Gasteiger partial charge in [-0.2, -0.15) is 25.3 Å². The topological polar surface area (TPSA) is 494 Å². The lowest BCUT2D eigenvalue weighted by molar-refractivity contribution is -0.279. The van der Waals surface area contributed by atoms with E-state index in [4.69, 9.17) is 18.9 Å². The van der Waals surface area contributed by atoms with Crippen molar-refractivity contribution in [3.63, 3.8) is 0 Å². The number of amides is 2. The van der Waals surface area contributed by atoms with Gasteiger partial charge in [-0.1, -0.05) is 13.2 Å². The summed E-state index contributed by atoms with van der Waals surface area (Å²) in [7, 11) is -22.2. The lowest BCUT2D eigenvalue weighted by atomic mass is 10.0. The number of carbonyl (C=O) groups excluding carboxylic acids is 2. The summed E-state index contributed by atoms with van der Waals surface area (Å²) < 4.78 is 95.8. The number of carbonyl (C=O) groups is 2. The minimum absolute atomic E-state index is 0.00690. The number of phosphoric ester groups is 4. The molecule has 39 heteroatoms. The highest BCUT2D eigenvalue weighted by atomic mass is 32.1. The first-order valence-corrected chi connectivity index (χ1v) is 27.5. The quantitative estimate of drug-likeness (QED) is 0.0448. The highest BCUT2D eigenvalue weighted by Crippen LogP contribution is 2.60. The summed E-state index contributed by atoms with van der Waals surface area (Å²) in [6.45, 7) is 5.51. The Bertz CT molecular complexity index is 2250. The van der Waals surface area contributed by atoms with Crippen LogP contribution in [0.25, 0.3) is 0 Å². The number of nitrogens with zero attached hydrogens (tertiary/aromatic N) is 2. The Labute approximate surface area is 418 Å². The van der Waals surface area contributed by atoms with Crippen LogP contribution in [0.4, 0.5) is 0 Å². The first-order valence-electron chi connectivity index (χ1n) is 20.6. The largest absolute Gasteiger partial charge is 0.756 e. The molecule has 6 heterocycles. The fourth-order valence-corrected chi connectivity index (χ4v) is 11.9. The van der Waals surface area contributed by atoms with Crippen LogP contribution >= 0.6 is 56.5 Å². The molecule has 33 nitrogen and oxygen atoms in total. The summed E-state index contributed by atoms with van der Waals surface area (Å²) in [5.41, 5.74) is 0.343. The molecule has 13 N–H and O–H groups in total. The highest BCUT2D eigenvalue weighted by Gasteiger charge is 2.50. The molecular formula is C33H52N4O29P4S2-2. The van der Waals surface area contributed by atoms with Crippen LogP contribution in [0.5, 0.6) is 0 Å². The summed E-state index contributed by atoms with van der Waals surface area (Å²) in [4.78, 5) is 69.6. The van der Waals surface area contributed by atoms with E-state index in [0.717, 1.165) is 6.08 Å². The fourth-order valence-electron chi connectivity index (χ4n) is 6.99. The standard InChI is InChI=1S/C17H28N2O14P2S.C16H26N2O15P2S/c1-7-4-19(8(2)18-16(7)24)12-3-9(21)11(30-12)6-29-34(25,26)33-35(27,28)32-17-14(23)15(36)13(22)10(5-20)31-17;1-6-17-9(20)2-3-18(6)15-12(23)10(21)8(30-15)5-29-34(25,26)33-35(27,28)32-16-13(24)14(36)11(22)7(4-19)31-16/h4,9-15,17,20-23,36H,2-3,5-6H2,1H3,(H,18,24)(H,25,26)(H,27,28);2-3,7-8,10-16,19,21-24,36H,1,4-5H2,(H,17,20)(H,25,26)(H,27,28)/p-2/t9-,10?,11-,12-,13-,14?,15+,17-;7?,8-,10+,11-,12?,13?,14+,15-,16-/m11/s1. The van der Waals surface area contributed by atoms with Gasteiger partial charge in [0.1, 0.15) is 66.7 Å². The molecular weight excluding hydrogens is 1100 g/mol. The van der Waals surface area contributed by atoms with Gasteiger partial charge in [-0.3, -0.25) is 36.8 Å². The second-order valence-corrected chi connectivity index (χ2v) is 23.0. The summed E-state index contributed by atoms with van der Waals surface area (Å²) in [6, 6.07) is 0. The van der Waals surface area contributed by atoms with E-state index in [2.05, 4.69) is 75.8 Å². The van der Waals surface area contributed by atoms with Crippen LogP contribution in [-0.4, -0.2) is 206 Å². The molecule has 6 aliphatic heterocycles. The Morgan fingerprint density at radius 3 is 1.64 bits per heavy atom. The molecule has 72 heavy (non-hydrogen) atoms. The van der Waals surface area contributed by atoms with Crippen LogP contribution in [0.1, 0.15) is 13.3 Å². The second kappa shape index (κ2) is 24.7. The molecule has 0 radical (unpaired) electrons. The predicted octanol–water partition coefficient (Wildman–Crippen LogP) is -6.17. The van der Waals surface area contributed by atoms with E-state index in [1.165, 1.54) is 22.2 Å². The van der Waals surface area contributed by atoms with Crippen LogP contribution in [0.15, 0.2) is 48.8 Å². The number of aliphatic hydroxyl groups is 9. The molecule has 6 rings (SSSR count). The van der Waals surface area contributed by atoms with Gasteiger partial charge in [0.2, 0.25) is 0 Å². The average molecular weight is 1160 g/mol. The van der Waals surface area contributed by atoms with Crippen molar-refractivity contribution in [1.82, 2.24) is 20.4 Å². The number of phosphoric acid groups is 4. The maximum atomic E-state index is 12.2. The first-order chi connectivity index (χ1) is 33.3. The van der Waals surface area contributed by atoms with Crippen molar-refractivity contribution in [3.8, 4) is 0 Å². The van der Waals surface area contributed by atoms with Gasteiger partial charge in [0.25, 0.3) is 27.5 Å². The van der Waals surface area contributed by atoms with Crippen molar-refractivity contribution >= 4 is 68.4 Å². The Balaban J connectivity index is 0.000000267. The third-order valence-electron chi connectivity index (χ3n) is 10.7. The number of aliphatic hydroxyl groups excluding tert-OH is 9. The Kier molecular flexibility index (Phi) is 20.9. The van der Waals surface area contributed by atoms with Gasteiger partial charge in [0.05, 0.1) is 55.2 Å². The van der Waals surface area contributed by atoms with E-state index in [-0.39, 0.29) is 24.0 Å². The van der Waals surface area contributed by atoms with Crippen molar-refractivity contribution in [1.29, 1.82) is 0 Å². The van der Waals surface area contributed by atoms with Gasteiger partial charge in [0, 0.05) is 30.5 Å². The van der Waals surface area contributed by atoms with Crippen molar-refractivity contribution in [2.75, 3.05) is 26.4 Å². The van der Waals surface area contributed by atoms with E-state index >= 15 is 0 Å². The van der Waals surface area contributed by atoms with E-state index in [9.17, 15) is 93.4 Å². The number of hydrogen-bond donors (Lipinski definition) is 15. The number of nitrogens with one attached hydrogen (secondary N) is 2. The fraction of sp³-hybridized carbons (Fsp3) is 0.697.